The number of carbonyl (C=O) groups is 2. The Morgan fingerprint density at radius 2 is 1.72 bits per heavy atom. The molecule has 0 bridgehead atoms. The topological polar surface area (TPSA) is 74.8 Å². The molecular formula is C20H20BrFN2O4S. The maximum atomic E-state index is 13.4. The van der Waals surface area contributed by atoms with Gasteiger partial charge in [-0.3, -0.25) is 9.59 Å². The molecule has 0 radical (unpaired) electrons. The van der Waals surface area contributed by atoms with Crippen LogP contribution in [-0.4, -0.2) is 36.6 Å². The van der Waals surface area contributed by atoms with Crippen molar-refractivity contribution in [2.45, 2.75) is 43.7 Å². The Kier molecular flexibility index (Phi) is 6.21. The van der Waals surface area contributed by atoms with Crippen LogP contribution in [0.1, 0.15) is 26.7 Å². The molecule has 2 atom stereocenters. The van der Waals surface area contributed by atoms with E-state index in [4.69, 9.17) is 0 Å². The summed E-state index contributed by atoms with van der Waals surface area (Å²) in [6.45, 7) is 3.52. The Morgan fingerprint density at radius 3 is 2.28 bits per heavy atom. The van der Waals surface area contributed by atoms with Crippen molar-refractivity contribution in [1.29, 1.82) is 0 Å². The smallest absolute Gasteiger partial charge is 0.252 e. The van der Waals surface area contributed by atoms with Gasteiger partial charge in [0.2, 0.25) is 15.9 Å². The second-order valence-electron chi connectivity index (χ2n) is 6.81. The highest BCUT2D eigenvalue weighted by molar-refractivity contribution is 9.10. The molecule has 2 unspecified atom stereocenters. The maximum Gasteiger partial charge on any atom is 0.252 e. The van der Waals surface area contributed by atoms with Crippen molar-refractivity contribution >= 4 is 43.5 Å². The highest BCUT2D eigenvalue weighted by atomic mass is 79.9. The third kappa shape index (κ3) is 4.12. The molecule has 2 aromatic rings. The normalized spacial score (nSPS) is 18.5. The predicted octanol–water partition coefficient (Wildman–Crippen LogP) is 3.71. The molecule has 1 heterocycles. The minimum Gasteiger partial charge on any atom is -0.274 e. The molecule has 1 saturated heterocycles. The Hall–Kier alpha value is -2.10. The van der Waals surface area contributed by atoms with Crippen LogP contribution in [0.2, 0.25) is 0 Å². The number of hydrogen-bond acceptors (Lipinski definition) is 4. The zero-order valence-electron chi connectivity index (χ0n) is 15.9. The number of hydrogen-bond donors (Lipinski definition) is 0. The molecule has 1 aliphatic rings. The van der Waals surface area contributed by atoms with Crippen molar-refractivity contribution in [2.75, 3.05) is 4.90 Å². The summed E-state index contributed by atoms with van der Waals surface area (Å²) >= 11 is 3.27. The molecule has 29 heavy (non-hydrogen) atoms. The van der Waals surface area contributed by atoms with Gasteiger partial charge in [0.25, 0.3) is 5.91 Å². The largest absolute Gasteiger partial charge is 0.274 e. The number of carbonyl (C=O) groups excluding carboxylic acids is 2. The van der Waals surface area contributed by atoms with E-state index in [-0.39, 0.29) is 17.0 Å². The van der Waals surface area contributed by atoms with E-state index in [0.29, 0.717) is 6.42 Å². The molecule has 0 aliphatic carbocycles. The number of amides is 2. The molecule has 3 rings (SSSR count). The van der Waals surface area contributed by atoms with Gasteiger partial charge < -0.3 is 0 Å². The van der Waals surface area contributed by atoms with Gasteiger partial charge in [0.05, 0.1) is 17.0 Å². The number of imide groups is 1. The third-order valence-electron chi connectivity index (χ3n) is 4.93. The molecule has 2 amide bonds. The number of halogens is 2. The Labute approximate surface area is 177 Å². The molecule has 1 fully saturated rings. The fourth-order valence-electron chi connectivity index (χ4n) is 3.30. The van der Waals surface area contributed by atoms with Crippen LogP contribution in [0, 0.1) is 5.82 Å². The SMILES string of the molecule is CCC(C)N(C1CC(=O)N(c2ccc(F)cc2)C1=O)S(=O)(=O)c1ccc(Br)cc1. The maximum absolute atomic E-state index is 13.4. The monoisotopic (exact) mass is 482 g/mol. The molecular weight excluding hydrogens is 463 g/mol. The van der Waals surface area contributed by atoms with Crippen molar-refractivity contribution in [3.8, 4) is 0 Å². The summed E-state index contributed by atoms with van der Waals surface area (Å²) in [7, 11) is -4.03. The first-order chi connectivity index (χ1) is 13.7. The molecule has 2 aromatic carbocycles. The van der Waals surface area contributed by atoms with Crippen molar-refractivity contribution in [3.63, 3.8) is 0 Å². The molecule has 9 heteroatoms. The first kappa shape index (κ1) is 21.6. The molecule has 1 aliphatic heterocycles. The average molecular weight is 483 g/mol. The highest BCUT2D eigenvalue weighted by Crippen LogP contribution is 2.31. The van der Waals surface area contributed by atoms with Gasteiger partial charge in [0.1, 0.15) is 11.9 Å². The molecule has 154 valence electrons. The Balaban J connectivity index is 2.01. The van der Waals surface area contributed by atoms with Crippen LogP contribution in [0.4, 0.5) is 10.1 Å². The number of nitrogens with zero attached hydrogens (tertiary/aromatic N) is 2. The second-order valence-corrected chi connectivity index (χ2v) is 9.57. The predicted molar refractivity (Wildman–Crippen MR) is 110 cm³/mol. The van der Waals surface area contributed by atoms with Gasteiger partial charge in [-0.1, -0.05) is 22.9 Å². The standard InChI is InChI=1S/C20H20BrFN2O4S/c1-3-13(2)24(29(27,28)17-10-4-14(21)5-11-17)18-12-19(25)23(20(18)26)16-8-6-15(22)7-9-16/h4-11,13,18H,3,12H2,1-2H3. The van der Waals surface area contributed by atoms with Crippen LogP contribution in [0.25, 0.3) is 0 Å². The molecule has 6 nitrogen and oxygen atoms in total. The zero-order valence-corrected chi connectivity index (χ0v) is 18.3. The van der Waals surface area contributed by atoms with Crippen LogP contribution in [0.15, 0.2) is 57.9 Å². The van der Waals surface area contributed by atoms with Gasteiger partial charge >= 0.3 is 0 Å². The van der Waals surface area contributed by atoms with E-state index in [1.54, 1.807) is 19.1 Å². The van der Waals surface area contributed by atoms with Crippen LogP contribution in [0.5, 0.6) is 0 Å². The van der Waals surface area contributed by atoms with Gasteiger partial charge in [0, 0.05) is 10.5 Å². The fraction of sp³-hybridized carbons (Fsp3) is 0.300. The van der Waals surface area contributed by atoms with E-state index in [1.165, 1.54) is 24.3 Å². The summed E-state index contributed by atoms with van der Waals surface area (Å²) in [5.41, 5.74) is 0.217. The van der Waals surface area contributed by atoms with E-state index in [2.05, 4.69) is 15.9 Å². The number of benzene rings is 2. The van der Waals surface area contributed by atoms with E-state index < -0.39 is 39.7 Å². The molecule has 0 aromatic heterocycles. The molecule has 0 N–H and O–H groups in total. The first-order valence-electron chi connectivity index (χ1n) is 9.08. The zero-order chi connectivity index (χ0) is 21.3. The third-order valence-corrected chi connectivity index (χ3v) is 7.50. The van der Waals surface area contributed by atoms with Crippen LogP contribution >= 0.6 is 15.9 Å². The van der Waals surface area contributed by atoms with E-state index in [0.717, 1.165) is 25.8 Å². The lowest BCUT2D eigenvalue weighted by molar-refractivity contribution is -0.122. The lowest BCUT2D eigenvalue weighted by Gasteiger charge is -2.31. The average Bonchev–Trinajstić information content (AvgIpc) is 2.96. The summed E-state index contributed by atoms with van der Waals surface area (Å²) in [6.07, 6.45) is 0.195. The Morgan fingerprint density at radius 1 is 1.14 bits per heavy atom. The lowest BCUT2D eigenvalue weighted by Crippen LogP contribution is -2.49. The van der Waals surface area contributed by atoms with E-state index in [9.17, 15) is 22.4 Å². The summed E-state index contributed by atoms with van der Waals surface area (Å²) in [4.78, 5) is 26.7. The lowest BCUT2D eigenvalue weighted by atomic mass is 10.2. The quantitative estimate of drug-likeness (QED) is 0.588. The van der Waals surface area contributed by atoms with Gasteiger partial charge in [-0.05, 0) is 61.9 Å². The number of sulfonamides is 1. The van der Waals surface area contributed by atoms with Crippen molar-refractivity contribution in [2.24, 2.45) is 0 Å². The summed E-state index contributed by atoms with van der Waals surface area (Å²) < 4.78 is 41.8. The van der Waals surface area contributed by atoms with Crippen LogP contribution in [0.3, 0.4) is 0 Å². The molecule has 0 saturated carbocycles. The first-order valence-corrected chi connectivity index (χ1v) is 11.3. The van der Waals surface area contributed by atoms with Gasteiger partial charge in [-0.15, -0.1) is 0 Å². The van der Waals surface area contributed by atoms with Gasteiger partial charge in [0.15, 0.2) is 0 Å². The van der Waals surface area contributed by atoms with Crippen molar-refractivity contribution < 1.29 is 22.4 Å². The minimum absolute atomic E-state index is 0.0430. The summed E-state index contributed by atoms with van der Waals surface area (Å²) in [5.74, 6) is -1.66. The Bertz CT molecular complexity index is 1030. The summed E-state index contributed by atoms with van der Waals surface area (Å²) in [5, 5.41) is 0. The molecule has 0 spiro atoms. The minimum atomic E-state index is -4.03. The van der Waals surface area contributed by atoms with E-state index >= 15 is 0 Å². The summed E-state index contributed by atoms with van der Waals surface area (Å²) in [6, 6.07) is 9.40. The van der Waals surface area contributed by atoms with Gasteiger partial charge in [-0.2, -0.15) is 4.31 Å². The number of rotatable bonds is 6. The van der Waals surface area contributed by atoms with E-state index in [1.807, 2.05) is 6.92 Å². The van der Waals surface area contributed by atoms with Crippen molar-refractivity contribution in [1.82, 2.24) is 4.31 Å². The van der Waals surface area contributed by atoms with Crippen molar-refractivity contribution in [3.05, 3.63) is 58.8 Å². The highest BCUT2D eigenvalue weighted by Gasteiger charge is 2.48. The van der Waals surface area contributed by atoms with Crippen LogP contribution in [-0.2, 0) is 19.6 Å². The fourth-order valence-corrected chi connectivity index (χ4v) is 5.41. The van der Waals surface area contributed by atoms with Crippen LogP contribution < -0.4 is 4.90 Å². The number of anilines is 1. The second kappa shape index (κ2) is 8.33. The van der Waals surface area contributed by atoms with Gasteiger partial charge in [-0.25, -0.2) is 17.7 Å².